The Hall–Kier alpha value is -2.67. The van der Waals surface area contributed by atoms with Gasteiger partial charge in [0.1, 0.15) is 0 Å². The highest BCUT2D eigenvalue weighted by Gasteiger charge is 2.11. The quantitative estimate of drug-likeness (QED) is 0.677. The molecule has 2 rings (SSSR count). The van der Waals surface area contributed by atoms with Gasteiger partial charge in [-0.2, -0.15) is 5.10 Å². The first-order valence-electron chi connectivity index (χ1n) is 5.89. The molecular weight excluding hydrogens is 296 g/mol. The molecule has 1 heterocycles. The van der Waals surface area contributed by atoms with E-state index >= 15 is 0 Å². The van der Waals surface area contributed by atoms with E-state index in [1.54, 1.807) is 18.3 Å². The molecule has 0 fully saturated rings. The number of nitrogens with zero attached hydrogens (tertiary/aromatic N) is 3. The number of benzene rings is 1. The van der Waals surface area contributed by atoms with Crippen molar-refractivity contribution in [3.05, 3.63) is 63.9 Å². The first-order chi connectivity index (χ1) is 9.97. The highest BCUT2D eigenvalue weighted by Crippen LogP contribution is 2.16. The van der Waals surface area contributed by atoms with Crippen molar-refractivity contribution in [2.75, 3.05) is 6.54 Å². The summed E-state index contributed by atoms with van der Waals surface area (Å²) in [6.45, 7) is 3.60. The van der Waals surface area contributed by atoms with Crippen LogP contribution >= 0.6 is 11.6 Å². The minimum Gasteiger partial charge on any atom is -0.346 e. The SMILES string of the molecule is C=C(Cl)CNC(=O)c1ccn(-c2cccc([N+](=O)[O-])c2)n1. The van der Waals surface area contributed by atoms with Crippen molar-refractivity contribution in [2.24, 2.45) is 0 Å². The summed E-state index contributed by atoms with van der Waals surface area (Å²) in [5, 5.41) is 17.7. The van der Waals surface area contributed by atoms with Gasteiger partial charge in [0, 0.05) is 23.4 Å². The van der Waals surface area contributed by atoms with Crippen molar-refractivity contribution in [1.82, 2.24) is 15.1 Å². The predicted octanol–water partition coefficient (Wildman–Crippen LogP) is 2.26. The molecule has 0 aliphatic rings. The van der Waals surface area contributed by atoms with Crippen LogP contribution in [0.2, 0.25) is 0 Å². The summed E-state index contributed by atoms with van der Waals surface area (Å²) < 4.78 is 1.39. The van der Waals surface area contributed by atoms with E-state index in [0.717, 1.165) is 0 Å². The van der Waals surface area contributed by atoms with Crippen molar-refractivity contribution in [2.45, 2.75) is 0 Å². The lowest BCUT2D eigenvalue weighted by Crippen LogP contribution is -2.25. The van der Waals surface area contributed by atoms with Gasteiger partial charge in [0.25, 0.3) is 11.6 Å². The number of nitro benzene ring substituents is 1. The molecule has 1 amide bonds. The zero-order valence-electron chi connectivity index (χ0n) is 10.8. The number of nitro groups is 1. The van der Waals surface area contributed by atoms with E-state index < -0.39 is 10.8 Å². The van der Waals surface area contributed by atoms with E-state index in [1.165, 1.54) is 22.9 Å². The molecule has 0 saturated carbocycles. The monoisotopic (exact) mass is 306 g/mol. The molecule has 0 unspecified atom stereocenters. The summed E-state index contributed by atoms with van der Waals surface area (Å²) in [5.41, 5.74) is 0.622. The number of amides is 1. The van der Waals surface area contributed by atoms with Gasteiger partial charge in [-0.05, 0) is 12.1 Å². The second-order valence-electron chi connectivity index (χ2n) is 4.12. The van der Waals surface area contributed by atoms with E-state index in [0.29, 0.717) is 10.7 Å². The zero-order chi connectivity index (χ0) is 15.4. The molecule has 7 nitrogen and oxygen atoms in total. The maximum Gasteiger partial charge on any atom is 0.272 e. The van der Waals surface area contributed by atoms with Gasteiger partial charge in [-0.3, -0.25) is 14.9 Å². The van der Waals surface area contributed by atoms with Crippen molar-refractivity contribution in [3.8, 4) is 5.69 Å². The highest BCUT2D eigenvalue weighted by molar-refractivity contribution is 6.29. The predicted molar refractivity (Wildman–Crippen MR) is 77.5 cm³/mol. The van der Waals surface area contributed by atoms with Crippen LogP contribution in [0.5, 0.6) is 0 Å². The number of nitrogens with one attached hydrogen (secondary N) is 1. The molecule has 1 aromatic carbocycles. The molecule has 0 bridgehead atoms. The molecule has 0 aliphatic heterocycles. The molecule has 0 spiro atoms. The van der Waals surface area contributed by atoms with Gasteiger partial charge in [-0.25, -0.2) is 4.68 Å². The number of halogens is 1. The smallest absolute Gasteiger partial charge is 0.272 e. The maximum atomic E-state index is 11.8. The highest BCUT2D eigenvalue weighted by atomic mass is 35.5. The van der Waals surface area contributed by atoms with E-state index in [9.17, 15) is 14.9 Å². The van der Waals surface area contributed by atoms with Crippen LogP contribution in [0.4, 0.5) is 5.69 Å². The van der Waals surface area contributed by atoms with Gasteiger partial charge in [0.2, 0.25) is 0 Å². The van der Waals surface area contributed by atoms with Crippen molar-refractivity contribution >= 4 is 23.2 Å². The van der Waals surface area contributed by atoms with Crippen LogP contribution in [0, 0.1) is 10.1 Å². The van der Waals surface area contributed by atoms with E-state index in [4.69, 9.17) is 11.6 Å². The lowest BCUT2D eigenvalue weighted by molar-refractivity contribution is -0.384. The fraction of sp³-hybridized carbons (Fsp3) is 0.0769. The lowest BCUT2D eigenvalue weighted by Gasteiger charge is -2.02. The molecule has 21 heavy (non-hydrogen) atoms. The summed E-state index contributed by atoms with van der Waals surface area (Å²) in [5.74, 6) is -0.402. The molecule has 8 heteroatoms. The number of hydrogen-bond donors (Lipinski definition) is 1. The van der Waals surface area contributed by atoms with Crippen LogP contribution in [-0.4, -0.2) is 27.2 Å². The average Bonchev–Trinajstić information content (AvgIpc) is 2.94. The number of carbonyl (C=O) groups excluding carboxylic acids is 1. The standard InChI is InChI=1S/C13H11ClN4O3/c1-9(14)8-15-13(19)12-5-6-17(16-12)10-3-2-4-11(7-10)18(20)21/h2-7H,1,8H2,(H,15,19). The van der Waals surface area contributed by atoms with Crippen LogP contribution in [-0.2, 0) is 0 Å². The maximum absolute atomic E-state index is 11.8. The summed E-state index contributed by atoms with van der Waals surface area (Å²) >= 11 is 5.56. The minimum atomic E-state index is -0.493. The normalized spacial score (nSPS) is 10.1. The molecular formula is C13H11ClN4O3. The third kappa shape index (κ3) is 3.67. The third-order valence-electron chi connectivity index (χ3n) is 2.57. The molecule has 0 aliphatic carbocycles. The van der Waals surface area contributed by atoms with E-state index in [2.05, 4.69) is 17.0 Å². The van der Waals surface area contributed by atoms with Crippen molar-refractivity contribution in [3.63, 3.8) is 0 Å². The van der Waals surface area contributed by atoms with Gasteiger partial charge < -0.3 is 5.32 Å². The lowest BCUT2D eigenvalue weighted by atomic mass is 10.3. The van der Waals surface area contributed by atoms with Crippen LogP contribution in [0.1, 0.15) is 10.5 Å². The van der Waals surface area contributed by atoms with Crippen molar-refractivity contribution in [1.29, 1.82) is 0 Å². The first-order valence-corrected chi connectivity index (χ1v) is 6.27. The third-order valence-corrected chi connectivity index (χ3v) is 2.70. The summed E-state index contributed by atoms with van der Waals surface area (Å²) in [7, 11) is 0. The van der Waals surface area contributed by atoms with Gasteiger partial charge >= 0.3 is 0 Å². The fourth-order valence-corrected chi connectivity index (χ4v) is 1.67. The minimum absolute atomic E-state index is 0.0487. The van der Waals surface area contributed by atoms with Crippen LogP contribution < -0.4 is 5.32 Å². The van der Waals surface area contributed by atoms with Crippen LogP contribution in [0.15, 0.2) is 48.1 Å². The molecule has 1 N–H and O–H groups in total. The topological polar surface area (TPSA) is 90.1 Å². The van der Waals surface area contributed by atoms with E-state index in [1.807, 2.05) is 0 Å². The first kappa shape index (κ1) is 14.7. The molecule has 2 aromatic rings. The average molecular weight is 307 g/mol. The molecule has 1 aromatic heterocycles. The Kier molecular flexibility index (Phi) is 4.34. The van der Waals surface area contributed by atoms with Gasteiger partial charge in [0.15, 0.2) is 5.69 Å². The van der Waals surface area contributed by atoms with E-state index in [-0.39, 0.29) is 17.9 Å². The number of carbonyl (C=O) groups is 1. The Bertz CT molecular complexity index is 711. The largest absolute Gasteiger partial charge is 0.346 e. The Morgan fingerprint density at radius 1 is 1.48 bits per heavy atom. The van der Waals surface area contributed by atoms with Crippen LogP contribution in [0.25, 0.3) is 5.69 Å². The fourth-order valence-electron chi connectivity index (χ4n) is 1.60. The Balaban J connectivity index is 2.19. The molecule has 0 saturated heterocycles. The van der Waals surface area contributed by atoms with Gasteiger partial charge in [0.05, 0.1) is 17.2 Å². The second kappa shape index (κ2) is 6.19. The number of hydrogen-bond acceptors (Lipinski definition) is 4. The summed E-state index contributed by atoms with van der Waals surface area (Å²) in [4.78, 5) is 22.0. The summed E-state index contributed by atoms with van der Waals surface area (Å²) in [6, 6.07) is 7.46. The number of non-ortho nitro benzene ring substituents is 1. The van der Waals surface area contributed by atoms with Gasteiger partial charge in [-0.15, -0.1) is 0 Å². The number of aromatic nitrogens is 2. The Morgan fingerprint density at radius 2 is 2.24 bits per heavy atom. The van der Waals surface area contributed by atoms with Crippen LogP contribution in [0.3, 0.4) is 0 Å². The Labute approximate surface area is 125 Å². The van der Waals surface area contributed by atoms with Gasteiger partial charge in [-0.1, -0.05) is 24.2 Å². The summed E-state index contributed by atoms with van der Waals surface area (Å²) in [6.07, 6.45) is 1.55. The number of rotatable bonds is 5. The molecule has 0 radical (unpaired) electrons. The molecule has 108 valence electrons. The zero-order valence-corrected chi connectivity index (χ0v) is 11.6. The van der Waals surface area contributed by atoms with Crippen molar-refractivity contribution < 1.29 is 9.72 Å². The molecule has 0 atom stereocenters. The second-order valence-corrected chi connectivity index (χ2v) is 4.66. The Morgan fingerprint density at radius 3 is 2.90 bits per heavy atom.